The Morgan fingerprint density at radius 1 is 1.57 bits per heavy atom. The van der Waals surface area contributed by atoms with Gasteiger partial charge in [-0.05, 0) is 30.7 Å². The van der Waals surface area contributed by atoms with Gasteiger partial charge in [0, 0.05) is 23.4 Å². The predicted molar refractivity (Wildman–Crippen MR) is 57.9 cm³/mol. The number of rotatable bonds is 3. The lowest BCUT2D eigenvalue weighted by atomic mass is 10.1. The maximum atomic E-state index is 8.76. The van der Waals surface area contributed by atoms with Gasteiger partial charge in [-0.25, -0.2) is 0 Å². The normalized spacial score (nSPS) is 26.2. The number of thiophene rings is 1. The minimum absolute atomic E-state index is 0.288. The third-order valence-corrected chi connectivity index (χ3v) is 3.64. The van der Waals surface area contributed by atoms with Gasteiger partial charge in [-0.1, -0.05) is 6.07 Å². The van der Waals surface area contributed by atoms with E-state index >= 15 is 0 Å². The van der Waals surface area contributed by atoms with Crippen molar-refractivity contribution in [1.82, 2.24) is 5.32 Å². The van der Waals surface area contributed by atoms with Gasteiger partial charge in [0.15, 0.2) is 0 Å². The molecule has 0 aliphatic heterocycles. The first-order valence-electron chi connectivity index (χ1n) is 5.04. The summed E-state index contributed by atoms with van der Waals surface area (Å²) in [6, 6.07) is 7.13. The molecule has 1 fully saturated rings. The average Bonchev–Trinajstić information content (AvgIpc) is 2.86. The molecule has 14 heavy (non-hydrogen) atoms. The highest BCUT2D eigenvalue weighted by molar-refractivity contribution is 7.09. The van der Waals surface area contributed by atoms with E-state index in [0.717, 1.165) is 25.8 Å². The lowest BCUT2D eigenvalue weighted by Crippen LogP contribution is -2.25. The quantitative estimate of drug-likeness (QED) is 0.825. The highest BCUT2D eigenvalue weighted by Crippen LogP contribution is 2.25. The van der Waals surface area contributed by atoms with Crippen LogP contribution in [0.2, 0.25) is 0 Å². The molecule has 1 aliphatic carbocycles. The summed E-state index contributed by atoms with van der Waals surface area (Å²) in [5.74, 6) is 0.288. The number of hydrogen-bond donors (Lipinski definition) is 1. The fraction of sp³-hybridized carbons (Fsp3) is 0.545. The molecule has 1 aromatic heterocycles. The fourth-order valence-electron chi connectivity index (χ4n) is 1.94. The Labute approximate surface area is 88.6 Å². The zero-order valence-corrected chi connectivity index (χ0v) is 8.89. The SMILES string of the molecule is N#CC1CCC(NCc2cccs2)C1. The molecule has 1 heterocycles. The Bertz CT molecular complexity index is 313. The highest BCUT2D eigenvalue weighted by Gasteiger charge is 2.23. The van der Waals surface area contributed by atoms with Crippen molar-refractivity contribution in [2.24, 2.45) is 5.92 Å². The van der Waals surface area contributed by atoms with E-state index in [1.807, 2.05) is 0 Å². The van der Waals surface area contributed by atoms with E-state index in [-0.39, 0.29) is 5.92 Å². The summed E-state index contributed by atoms with van der Waals surface area (Å²) in [7, 11) is 0. The number of nitriles is 1. The second kappa shape index (κ2) is 4.59. The molecule has 0 aromatic carbocycles. The van der Waals surface area contributed by atoms with Gasteiger partial charge in [-0.2, -0.15) is 5.26 Å². The molecule has 2 nitrogen and oxygen atoms in total. The van der Waals surface area contributed by atoms with Crippen molar-refractivity contribution in [3.8, 4) is 6.07 Å². The second-order valence-electron chi connectivity index (χ2n) is 3.80. The molecule has 0 bridgehead atoms. The minimum Gasteiger partial charge on any atom is -0.309 e. The maximum absolute atomic E-state index is 8.76. The van der Waals surface area contributed by atoms with Crippen molar-refractivity contribution in [3.05, 3.63) is 22.4 Å². The van der Waals surface area contributed by atoms with Gasteiger partial charge in [-0.3, -0.25) is 0 Å². The first kappa shape index (κ1) is 9.70. The van der Waals surface area contributed by atoms with E-state index in [1.54, 1.807) is 11.3 Å². The van der Waals surface area contributed by atoms with E-state index in [4.69, 9.17) is 5.26 Å². The molecule has 1 N–H and O–H groups in total. The largest absolute Gasteiger partial charge is 0.309 e. The number of nitrogens with one attached hydrogen (secondary N) is 1. The van der Waals surface area contributed by atoms with E-state index in [9.17, 15) is 0 Å². The van der Waals surface area contributed by atoms with Gasteiger partial charge in [0.2, 0.25) is 0 Å². The summed E-state index contributed by atoms with van der Waals surface area (Å²) in [5, 5.41) is 14.4. The number of hydrogen-bond acceptors (Lipinski definition) is 3. The molecule has 2 atom stereocenters. The maximum Gasteiger partial charge on any atom is 0.0656 e. The molecule has 1 aromatic rings. The summed E-state index contributed by atoms with van der Waals surface area (Å²) in [6.07, 6.45) is 3.25. The van der Waals surface area contributed by atoms with Crippen LogP contribution in [0.15, 0.2) is 17.5 Å². The number of nitrogens with zero attached hydrogens (tertiary/aromatic N) is 1. The second-order valence-corrected chi connectivity index (χ2v) is 4.83. The van der Waals surface area contributed by atoms with Gasteiger partial charge in [0.05, 0.1) is 6.07 Å². The van der Waals surface area contributed by atoms with Crippen LogP contribution in [0.5, 0.6) is 0 Å². The van der Waals surface area contributed by atoms with Crippen LogP contribution in [-0.4, -0.2) is 6.04 Å². The van der Waals surface area contributed by atoms with Crippen LogP contribution in [0.25, 0.3) is 0 Å². The summed E-state index contributed by atoms with van der Waals surface area (Å²) >= 11 is 1.79. The molecule has 0 spiro atoms. The molecule has 3 heteroatoms. The van der Waals surface area contributed by atoms with Crippen LogP contribution >= 0.6 is 11.3 Å². The van der Waals surface area contributed by atoms with Crippen molar-refractivity contribution in [2.75, 3.05) is 0 Å². The van der Waals surface area contributed by atoms with Crippen LogP contribution in [-0.2, 0) is 6.54 Å². The third-order valence-electron chi connectivity index (χ3n) is 2.76. The smallest absolute Gasteiger partial charge is 0.0656 e. The van der Waals surface area contributed by atoms with Crippen molar-refractivity contribution >= 4 is 11.3 Å². The lowest BCUT2D eigenvalue weighted by molar-refractivity contribution is 0.517. The Kier molecular flexibility index (Phi) is 3.18. The Morgan fingerprint density at radius 2 is 2.50 bits per heavy atom. The van der Waals surface area contributed by atoms with Crippen molar-refractivity contribution in [1.29, 1.82) is 5.26 Å². The van der Waals surface area contributed by atoms with Gasteiger partial charge in [0.1, 0.15) is 0 Å². The summed E-state index contributed by atoms with van der Waals surface area (Å²) in [4.78, 5) is 1.38. The fourth-order valence-corrected chi connectivity index (χ4v) is 2.60. The lowest BCUT2D eigenvalue weighted by Gasteiger charge is -2.10. The van der Waals surface area contributed by atoms with Crippen LogP contribution < -0.4 is 5.32 Å². The monoisotopic (exact) mass is 206 g/mol. The standard InChI is InChI=1S/C11H14N2S/c12-7-9-3-4-10(6-9)13-8-11-2-1-5-14-11/h1-2,5,9-10,13H,3-4,6,8H2. The van der Waals surface area contributed by atoms with Crippen LogP contribution in [0.3, 0.4) is 0 Å². The zero-order valence-electron chi connectivity index (χ0n) is 8.07. The van der Waals surface area contributed by atoms with E-state index in [2.05, 4.69) is 28.9 Å². The molecule has 2 unspecified atom stereocenters. The molecular weight excluding hydrogens is 192 g/mol. The summed E-state index contributed by atoms with van der Waals surface area (Å²) < 4.78 is 0. The van der Waals surface area contributed by atoms with Crippen molar-refractivity contribution in [3.63, 3.8) is 0 Å². The first-order valence-corrected chi connectivity index (χ1v) is 5.92. The topological polar surface area (TPSA) is 35.8 Å². The molecule has 0 amide bonds. The van der Waals surface area contributed by atoms with Gasteiger partial charge in [0.25, 0.3) is 0 Å². The zero-order chi connectivity index (χ0) is 9.80. The Morgan fingerprint density at radius 3 is 3.14 bits per heavy atom. The van der Waals surface area contributed by atoms with Gasteiger partial charge < -0.3 is 5.32 Å². The molecule has 1 aliphatic rings. The summed E-state index contributed by atoms with van der Waals surface area (Å²) in [6.45, 7) is 0.959. The highest BCUT2D eigenvalue weighted by atomic mass is 32.1. The predicted octanol–water partition coefficient (Wildman–Crippen LogP) is 2.53. The van der Waals surface area contributed by atoms with E-state index in [1.165, 1.54) is 4.88 Å². The molecule has 74 valence electrons. The van der Waals surface area contributed by atoms with Crippen molar-refractivity contribution in [2.45, 2.75) is 31.8 Å². The Hall–Kier alpha value is -0.850. The van der Waals surface area contributed by atoms with Crippen LogP contribution in [0.4, 0.5) is 0 Å². The van der Waals surface area contributed by atoms with Crippen molar-refractivity contribution < 1.29 is 0 Å². The third kappa shape index (κ3) is 2.34. The average molecular weight is 206 g/mol. The van der Waals surface area contributed by atoms with Gasteiger partial charge in [-0.15, -0.1) is 11.3 Å². The van der Waals surface area contributed by atoms with Crippen LogP contribution in [0.1, 0.15) is 24.1 Å². The first-order chi connectivity index (χ1) is 6.88. The van der Waals surface area contributed by atoms with Gasteiger partial charge >= 0.3 is 0 Å². The molecule has 2 rings (SSSR count). The molecular formula is C11H14N2S. The minimum atomic E-state index is 0.288. The molecule has 0 radical (unpaired) electrons. The summed E-state index contributed by atoms with van der Waals surface area (Å²) in [5.41, 5.74) is 0. The van der Waals surface area contributed by atoms with E-state index < -0.39 is 0 Å². The van der Waals surface area contributed by atoms with Crippen LogP contribution in [0, 0.1) is 17.2 Å². The Balaban J connectivity index is 1.75. The van der Waals surface area contributed by atoms with E-state index in [0.29, 0.717) is 6.04 Å². The molecule has 1 saturated carbocycles. The molecule has 0 saturated heterocycles.